The van der Waals surface area contributed by atoms with E-state index in [-0.39, 0.29) is 5.91 Å². The molecule has 100 valence electrons. The second-order valence-corrected chi connectivity index (χ2v) is 4.20. The van der Waals surface area contributed by atoms with Crippen LogP contribution in [0, 0.1) is 0 Å². The Kier molecular flexibility index (Phi) is 9.43. The van der Waals surface area contributed by atoms with Gasteiger partial charge in [0.1, 0.15) is 6.04 Å². The van der Waals surface area contributed by atoms with Crippen molar-refractivity contribution in [2.75, 3.05) is 6.54 Å². The molecule has 0 fully saturated rings. The van der Waals surface area contributed by atoms with Crippen molar-refractivity contribution in [3.63, 3.8) is 0 Å². The maximum atomic E-state index is 11.5. The number of aliphatic carboxylic acids is 1. The number of hydrogen-bond donors (Lipinski definition) is 3. The summed E-state index contributed by atoms with van der Waals surface area (Å²) in [6.07, 6.45) is 5.40. The molecule has 5 nitrogen and oxygen atoms in total. The van der Waals surface area contributed by atoms with Gasteiger partial charge < -0.3 is 16.2 Å². The lowest BCUT2D eigenvalue weighted by Crippen LogP contribution is -2.40. The molecule has 0 aromatic heterocycles. The fourth-order valence-electron chi connectivity index (χ4n) is 1.60. The van der Waals surface area contributed by atoms with Crippen LogP contribution in [0.3, 0.4) is 0 Å². The van der Waals surface area contributed by atoms with Crippen LogP contribution in [0.1, 0.15) is 51.9 Å². The maximum absolute atomic E-state index is 11.5. The number of carboxylic acid groups (broad SMARTS) is 1. The molecule has 1 amide bonds. The Labute approximate surface area is 103 Å². The lowest BCUT2D eigenvalue weighted by molar-refractivity contribution is -0.142. The molecule has 1 atom stereocenters. The quantitative estimate of drug-likeness (QED) is 0.504. The minimum Gasteiger partial charge on any atom is -0.480 e. The Morgan fingerprint density at radius 1 is 1.24 bits per heavy atom. The SMILES string of the molecule is CCCC(NC(=O)CCCCCCN)C(=O)O. The molecule has 0 saturated carbocycles. The Bertz CT molecular complexity index is 232. The van der Waals surface area contributed by atoms with E-state index in [9.17, 15) is 9.59 Å². The van der Waals surface area contributed by atoms with Crippen molar-refractivity contribution in [1.82, 2.24) is 5.32 Å². The maximum Gasteiger partial charge on any atom is 0.326 e. The molecule has 0 aliphatic rings. The minimum atomic E-state index is -0.955. The van der Waals surface area contributed by atoms with E-state index in [2.05, 4.69) is 5.32 Å². The third kappa shape index (κ3) is 8.68. The van der Waals surface area contributed by atoms with E-state index in [1.54, 1.807) is 0 Å². The fourth-order valence-corrected chi connectivity index (χ4v) is 1.60. The molecule has 5 heteroatoms. The Balaban J connectivity index is 3.71. The van der Waals surface area contributed by atoms with Gasteiger partial charge in [-0.2, -0.15) is 0 Å². The van der Waals surface area contributed by atoms with Gasteiger partial charge in [-0.3, -0.25) is 4.79 Å². The minimum absolute atomic E-state index is 0.168. The van der Waals surface area contributed by atoms with Crippen molar-refractivity contribution in [3.05, 3.63) is 0 Å². The number of hydrogen-bond acceptors (Lipinski definition) is 3. The van der Waals surface area contributed by atoms with Gasteiger partial charge in [-0.15, -0.1) is 0 Å². The van der Waals surface area contributed by atoms with Crippen molar-refractivity contribution < 1.29 is 14.7 Å². The number of nitrogens with one attached hydrogen (secondary N) is 1. The summed E-state index contributed by atoms with van der Waals surface area (Å²) in [6.45, 7) is 2.58. The topological polar surface area (TPSA) is 92.4 Å². The van der Waals surface area contributed by atoms with Crippen LogP contribution in [-0.4, -0.2) is 29.6 Å². The zero-order valence-corrected chi connectivity index (χ0v) is 10.6. The highest BCUT2D eigenvalue weighted by Gasteiger charge is 2.17. The van der Waals surface area contributed by atoms with E-state index in [1.165, 1.54) is 0 Å². The highest BCUT2D eigenvalue weighted by atomic mass is 16.4. The number of rotatable bonds is 10. The molecule has 17 heavy (non-hydrogen) atoms. The zero-order chi connectivity index (χ0) is 13.1. The second-order valence-electron chi connectivity index (χ2n) is 4.20. The number of amides is 1. The first-order valence-corrected chi connectivity index (χ1v) is 6.34. The molecule has 4 N–H and O–H groups in total. The average Bonchev–Trinajstić information content (AvgIpc) is 2.28. The molecule has 0 saturated heterocycles. The van der Waals surface area contributed by atoms with E-state index >= 15 is 0 Å². The molecule has 0 aromatic rings. The van der Waals surface area contributed by atoms with Gasteiger partial charge in [-0.25, -0.2) is 4.79 Å². The Morgan fingerprint density at radius 2 is 1.88 bits per heavy atom. The van der Waals surface area contributed by atoms with Gasteiger partial charge in [-0.1, -0.05) is 26.2 Å². The van der Waals surface area contributed by atoms with Gasteiger partial charge in [-0.05, 0) is 25.8 Å². The summed E-state index contributed by atoms with van der Waals surface area (Å²) in [5, 5.41) is 11.4. The van der Waals surface area contributed by atoms with Gasteiger partial charge in [0.2, 0.25) is 5.91 Å². The van der Waals surface area contributed by atoms with Crippen molar-refractivity contribution >= 4 is 11.9 Å². The highest BCUT2D eigenvalue weighted by molar-refractivity contribution is 5.83. The highest BCUT2D eigenvalue weighted by Crippen LogP contribution is 2.03. The summed E-state index contributed by atoms with van der Waals surface area (Å²) in [6, 6.07) is -0.739. The largest absolute Gasteiger partial charge is 0.480 e. The Morgan fingerprint density at radius 3 is 2.41 bits per heavy atom. The summed E-state index contributed by atoms with van der Waals surface area (Å²) in [7, 11) is 0. The zero-order valence-electron chi connectivity index (χ0n) is 10.6. The number of unbranched alkanes of at least 4 members (excludes halogenated alkanes) is 3. The molecule has 0 aliphatic heterocycles. The molecule has 0 rings (SSSR count). The summed E-state index contributed by atoms with van der Waals surface area (Å²) >= 11 is 0. The lowest BCUT2D eigenvalue weighted by atomic mass is 10.1. The standard InChI is InChI=1S/C12H24N2O3/c1-2-7-10(12(16)17)14-11(15)8-5-3-4-6-9-13/h10H,2-9,13H2,1H3,(H,14,15)(H,16,17). The van der Waals surface area contributed by atoms with Crippen LogP contribution in [0.15, 0.2) is 0 Å². The van der Waals surface area contributed by atoms with Gasteiger partial charge in [0.15, 0.2) is 0 Å². The van der Waals surface area contributed by atoms with Gasteiger partial charge >= 0.3 is 5.97 Å². The van der Waals surface area contributed by atoms with Crippen LogP contribution in [0.4, 0.5) is 0 Å². The third-order valence-electron chi connectivity index (χ3n) is 2.57. The first kappa shape index (κ1) is 15.9. The molecule has 0 aliphatic carbocycles. The Hall–Kier alpha value is -1.10. The van der Waals surface area contributed by atoms with Gasteiger partial charge in [0.05, 0.1) is 0 Å². The number of carbonyl (C=O) groups excluding carboxylic acids is 1. The fraction of sp³-hybridized carbons (Fsp3) is 0.833. The third-order valence-corrected chi connectivity index (χ3v) is 2.57. The predicted molar refractivity (Wildman–Crippen MR) is 66.6 cm³/mol. The predicted octanol–water partition coefficient (Wildman–Crippen LogP) is 1.27. The molecular weight excluding hydrogens is 220 g/mol. The smallest absolute Gasteiger partial charge is 0.326 e. The van der Waals surface area contributed by atoms with Crippen molar-refractivity contribution in [1.29, 1.82) is 0 Å². The van der Waals surface area contributed by atoms with Crippen LogP contribution in [0.5, 0.6) is 0 Å². The molecule has 0 bridgehead atoms. The van der Waals surface area contributed by atoms with E-state index in [1.807, 2.05) is 6.92 Å². The molecular formula is C12H24N2O3. The molecule has 0 heterocycles. The first-order chi connectivity index (χ1) is 8.11. The molecule has 0 spiro atoms. The summed E-state index contributed by atoms with van der Waals surface area (Å²) in [5.74, 6) is -1.12. The van der Waals surface area contributed by atoms with E-state index in [0.717, 1.165) is 32.1 Å². The first-order valence-electron chi connectivity index (χ1n) is 6.34. The van der Waals surface area contributed by atoms with E-state index in [4.69, 9.17) is 10.8 Å². The second kappa shape index (κ2) is 10.1. The van der Waals surface area contributed by atoms with Crippen LogP contribution in [0.2, 0.25) is 0 Å². The number of nitrogens with two attached hydrogens (primary N) is 1. The summed E-state index contributed by atoms with van der Waals surface area (Å²) in [5.41, 5.74) is 5.36. The average molecular weight is 244 g/mol. The van der Waals surface area contributed by atoms with Crippen LogP contribution in [-0.2, 0) is 9.59 Å². The van der Waals surface area contributed by atoms with Crippen molar-refractivity contribution in [3.8, 4) is 0 Å². The lowest BCUT2D eigenvalue weighted by Gasteiger charge is -2.13. The van der Waals surface area contributed by atoms with Gasteiger partial charge in [0, 0.05) is 6.42 Å². The van der Waals surface area contributed by atoms with E-state index < -0.39 is 12.0 Å². The number of carbonyl (C=O) groups is 2. The monoisotopic (exact) mass is 244 g/mol. The van der Waals surface area contributed by atoms with Crippen LogP contribution < -0.4 is 11.1 Å². The number of carboxylic acids is 1. The van der Waals surface area contributed by atoms with Crippen LogP contribution >= 0.6 is 0 Å². The normalized spacial score (nSPS) is 12.1. The summed E-state index contributed by atoms with van der Waals surface area (Å²) < 4.78 is 0. The summed E-state index contributed by atoms with van der Waals surface area (Å²) in [4.78, 5) is 22.3. The van der Waals surface area contributed by atoms with E-state index in [0.29, 0.717) is 19.4 Å². The van der Waals surface area contributed by atoms with Gasteiger partial charge in [0.25, 0.3) is 0 Å². The molecule has 0 radical (unpaired) electrons. The van der Waals surface area contributed by atoms with Crippen molar-refractivity contribution in [2.24, 2.45) is 5.73 Å². The van der Waals surface area contributed by atoms with Crippen molar-refractivity contribution in [2.45, 2.75) is 57.9 Å². The van der Waals surface area contributed by atoms with Crippen LogP contribution in [0.25, 0.3) is 0 Å². The molecule has 0 aromatic carbocycles. The molecule has 1 unspecified atom stereocenters.